The Morgan fingerprint density at radius 2 is 0.873 bits per heavy atom. The van der Waals surface area contributed by atoms with Crippen molar-refractivity contribution in [3.8, 4) is 78.0 Å². The number of rotatable bonds is 7. The quantitative estimate of drug-likeness (QED) is 0.150. The Labute approximate surface area is 369 Å². The first-order chi connectivity index (χ1) is 31.2. The maximum Gasteiger partial charge on any atom is 0.174 e. The van der Waals surface area contributed by atoms with Crippen LogP contribution >= 0.6 is 11.5 Å². The molecule has 5 heteroatoms. The van der Waals surface area contributed by atoms with Crippen LogP contribution in [0.25, 0.3) is 88.0 Å². The lowest BCUT2D eigenvalue weighted by Gasteiger charge is -2.33. The van der Waals surface area contributed by atoms with Gasteiger partial charge in [0.1, 0.15) is 5.01 Å². The predicted octanol–water partition coefficient (Wildman–Crippen LogP) is 16.4. The van der Waals surface area contributed by atoms with E-state index in [2.05, 4.69) is 229 Å². The predicted molar refractivity (Wildman–Crippen MR) is 262 cm³/mol. The summed E-state index contributed by atoms with van der Waals surface area (Å²) in [5.41, 5.74) is 14.2. The smallest absolute Gasteiger partial charge is 0.174 e. The number of anilines is 3. The van der Waals surface area contributed by atoms with Crippen molar-refractivity contribution in [2.45, 2.75) is 0 Å². The molecule has 12 rings (SSSR count). The number of fused-ring (bicyclic) bond motifs is 5. The molecule has 0 aliphatic carbocycles. The van der Waals surface area contributed by atoms with E-state index in [-0.39, 0.29) is 0 Å². The molecular formula is C58H37N3OS. The van der Waals surface area contributed by atoms with Crippen molar-refractivity contribution in [3.05, 3.63) is 224 Å². The molecule has 10 aromatic carbocycles. The highest BCUT2D eigenvalue weighted by molar-refractivity contribution is 7.09. The third-order valence-electron chi connectivity index (χ3n) is 12.1. The third kappa shape index (κ3) is 6.72. The van der Waals surface area contributed by atoms with Crippen LogP contribution in [0.2, 0.25) is 0 Å². The molecule has 0 radical (unpaired) electrons. The summed E-state index contributed by atoms with van der Waals surface area (Å²) in [5.74, 6) is 2.33. The summed E-state index contributed by atoms with van der Waals surface area (Å²) in [6, 6.07) is 79.6. The molecule has 0 atom stereocenters. The molecule has 4 nitrogen and oxygen atoms in total. The molecular weight excluding hydrogens is 787 g/mol. The number of hydrogen-bond donors (Lipinski definition) is 0. The molecule has 296 valence electrons. The summed E-state index contributed by atoms with van der Waals surface area (Å²) in [7, 11) is 0. The van der Waals surface area contributed by atoms with E-state index in [1.165, 1.54) is 49.9 Å². The first-order valence-corrected chi connectivity index (χ1v) is 21.9. The topological polar surface area (TPSA) is 38.2 Å². The molecule has 0 saturated carbocycles. The minimum absolute atomic E-state index is 0.740. The van der Waals surface area contributed by atoms with Crippen LogP contribution in [-0.2, 0) is 0 Å². The van der Waals surface area contributed by atoms with E-state index < -0.39 is 0 Å². The standard InChI is InChI=1S/C58H37N3OS/c1-3-12-38(13-4-1)42-17-9-19-44(34-42)46-27-32-55-53(36-46)61(54-37-47(28-33-56(54)62-55)45-20-10-18-43(35-45)39-14-5-2-6-15-39)48-29-24-41(25-30-48)58-59-57(60-63-58)52-23-11-22-50-49-21-8-7-16-40(49)26-31-51(50)52/h1-37H. The average Bonchev–Trinajstić information content (AvgIpc) is 3.86. The molecule has 63 heavy (non-hydrogen) atoms. The SMILES string of the molecule is c1ccc(-c2cccc(-c3ccc4c(c3)N(c3ccc(-c5nc(-c6cccc7c6ccc6ccccc67)ns5)cc3)c3cc(-c5cccc(-c6ccccc6)c5)ccc3O4)c2)cc1. The molecule has 1 aliphatic heterocycles. The summed E-state index contributed by atoms with van der Waals surface area (Å²) in [4.78, 5) is 7.45. The van der Waals surface area contributed by atoms with Crippen LogP contribution in [-0.4, -0.2) is 9.36 Å². The molecule has 1 aromatic heterocycles. The van der Waals surface area contributed by atoms with Crippen LogP contribution in [0, 0.1) is 0 Å². The maximum atomic E-state index is 6.73. The van der Waals surface area contributed by atoms with E-state index in [4.69, 9.17) is 14.1 Å². The van der Waals surface area contributed by atoms with E-state index in [1.54, 1.807) is 0 Å². The highest BCUT2D eigenvalue weighted by Crippen LogP contribution is 2.53. The van der Waals surface area contributed by atoms with E-state index >= 15 is 0 Å². The van der Waals surface area contributed by atoms with Gasteiger partial charge in [0.2, 0.25) is 0 Å². The van der Waals surface area contributed by atoms with Gasteiger partial charge < -0.3 is 9.64 Å². The van der Waals surface area contributed by atoms with Gasteiger partial charge in [-0.25, -0.2) is 4.98 Å². The summed E-state index contributed by atoms with van der Waals surface area (Å²) in [5, 5.41) is 5.68. The van der Waals surface area contributed by atoms with Gasteiger partial charge >= 0.3 is 0 Å². The largest absolute Gasteiger partial charge is 0.453 e. The van der Waals surface area contributed by atoms with Gasteiger partial charge in [-0.15, -0.1) is 0 Å². The lowest BCUT2D eigenvalue weighted by atomic mass is 9.97. The highest BCUT2D eigenvalue weighted by atomic mass is 32.1. The fourth-order valence-electron chi connectivity index (χ4n) is 8.90. The molecule has 2 heterocycles. The van der Waals surface area contributed by atoms with Crippen LogP contribution in [0.5, 0.6) is 11.5 Å². The van der Waals surface area contributed by atoms with Gasteiger partial charge in [0.25, 0.3) is 0 Å². The van der Waals surface area contributed by atoms with Crippen molar-refractivity contribution in [1.29, 1.82) is 0 Å². The fourth-order valence-corrected chi connectivity index (χ4v) is 9.58. The second-order valence-electron chi connectivity index (χ2n) is 15.9. The van der Waals surface area contributed by atoms with Gasteiger partial charge in [-0.1, -0.05) is 164 Å². The molecule has 0 fully saturated rings. The second-order valence-corrected chi connectivity index (χ2v) is 16.6. The van der Waals surface area contributed by atoms with Crippen LogP contribution in [0.3, 0.4) is 0 Å². The van der Waals surface area contributed by atoms with Gasteiger partial charge in [0, 0.05) is 16.8 Å². The Balaban J connectivity index is 0.944. The van der Waals surface area contributed by atoms with E-state index in [1.807, 2.05) is 0 Å². The summed E-state index contributed by atoms with van der Waals surface area (Å²) in [6.45, 7) is 0. The van der Waals surface area contributed by atoms with E-state index in [0.717, 1.165) is 78.2 Å². The van der Waals surface area contributed by atoms with Crippen LogP contribution < -0.4 is 9.64 Å². The maximum absolute atomic E-state index is 6.73. The van der Waals surface area contributed by atoms with E-state index in [0.29, 0.717) is 0 Å². The number of benzene rings is 10. The first kappa shape index (κ1) is 36.7. The molecule has 11 aromatic rings. The van der Waals surface area contributed by atoms with Crippen molar-refractivity contribution in [1.82, 2.24) is 9.36 Å². The Kier molecular flexibility index (Phi) is 8.98. The average molecular weight is 824 g/mol. The molecule has 0 saturated heterocycles. The van der Waals surface area contributed by atoms with Crippen molar-refractivity contribution in [2.75, 3.05) is 4.90 Å². The highest BCUT2D eigenvalue weighted by Gasteiger charge is 2.27. The number of hydrogen-bond acceptors (Lipinski definition) is 5. The van der Waals surface area contributed by atoms with Crippen molar-refractivity contribution >= 4 is 50.1 Å². The van der Waals surface area contributed by atoms with Crippen molar-refractivity contribution < 1.29 is 4.74 Å². The van der Waals surface area contributed by atoms with Gasteiger partial charge in [0.05, 0.1) is 11.4 Å². The number of nitrogens with zero attached hydrogens (tertiary/aromatic N) is 3. The molecule has 0 N–H and O–H groups in total. The Morgan fingerprint density at radius 1 is 0.365 bits per heavy atom. The zero-order chi connectivity index (χ0) is 41.7. The zero-order valence-electron chi connectivity index (χ0n) is 34.0. The Morgan fingerprint density at radius 3 is 1.51 bits per heavy atom. The Bertz CT molecular complexity index is 3360. The van der Waals surface area contributed by atoms with Crippen molar-refractivity contribution in [2.24, 2.45) is 0 Å². The van der Waals surface area contributed by atoms with E-state index in [9.17, 15) is 0 Å². The minimum Gasteiger partial charge on any atom is -0.453 e. The monoisotopic (exact) mass is 823 g/mol. The lowest BCUT2D eigenvalue weighted by molar-refractivity contribution is 0.477. The van der Waals surface area contributed by atoms with Crippen LogP contribution in [0.15, 0.2) is 224 Å². The molecule has 0 amide bonds. The second kappa shape index (κ2) is 15.4. The van der Waals surface area contributed by atoms with Crippen molar-refractivity contribution in [3.63, 3.8) is 0 Å². The number of ether oxygens (including phenoxy) is 1. The van der Waals surface area contributed by atoms with Crippen LogP contribution in [0.1, 0.15) is 0 Å². The molecule has 0 bridgehead atoms. The fraction of sp³-hybridized carbons (Fsp3) is 0. The zero-order valence-corrected chi connectivity index (χ0v) is 34.8. The van der Waals surface area contributed by atoms with Gasteiger partial charge in [0.15, 0.2) is 17.3 Å². The van der Waals surface area contributed by atoms with Crippen LogP contribution in [0.4, 0.5) is 17.1 Å². The summed E-state index contributed by atoms with van der Waals surface area (Å²) in [6.07, 6.45) is 0. The Hall–Kier alpha value is -8.12. The number of aromatic nitrogens is 2. The molecule has 1 aliphatic rings. The van der Waals surface area contributed by atoms with Gasteiger partial charge in [-0.3, -0.25) is 0 Å². The minimum atomic E-state index is 0.740. The summed E-state index contributed by atoms with van der Waals surface area (Å²) >= 11 is 1.43. The first-order valence-electron chi connectivity index (χ1n) is 21.1. The van der Waals surface area contributed by atoms with Gasteiger partial charge in [-0.2, -0.15) is 4.37 Å². The molecule has 0 spiro atoms. The lowest BCUT2D eigenvalue weighted by Crippen LogP contribution is -2.16. The third-order valence-corrected chi connectivity index (χ3v) is 12.8. The normalized spacial score (nSPS) is 11.9. The summed E-state index contributed by atoms with van der Waals surface area (Å²) < 4.78 is 11.6. The molecule has 0 unspecified atom stereocenters. The van der Waals surface area contributed by atoms with Gasteiger partial charge in [-0.05, 0) is 138 Å².